The van der Waals surface area contributed by atoms with E-state index in [1.54, 1.807) is 12.1 Å². The standard InChI is InChI=1S/C29H40FN3O3/c1-5-33(6-2)29-27(28(31-36-29)24-12-14-25(30)15-13-24)19-32(17-16-22(3)4)18-26(34)21-35-20-23-10-8-7-9-11-23/h7-15,22,26,34H,5-6,16-21H2,1-4H3. The third-order valence-electron chi connectivity index (χ3n) is 6.23. The van der Waals surface area contributed by atoms with E-state index in [0.717, 1.165) is 48.6 Å². The fourth-order valence-electron chi connectivity index (χ4n) is 4.17. The van der Waals surface area contributed by atoms with Crippen LogP contribution in [0.4, 0.5) is 10.3 Å². The van der Waals surface area contributed by atoms with Crippen molar-refractivity contribution in [2.24, 2.45) is 5.92 Å². The van der Waals surface area contributed by atoms with Crippen LogP contribution >= 0.6 is 0 Å². The molecule has 1 heterocycles. The molecule has 36 heavy (non-hydrogen) atoms. The van der Waals surface area contributed by atoms with Gasteiger partial charge in [-0.05, 0) is 62.6 Å². The second kappa shape index (κ2) is 14.1. The topological polar surface area (TPSA) is 62.0 Å². The Kier molecular flexibility index (Phi) is 10.9. The molecule has 0 radical (unpaired) electrons. The Hall–Kier alpha value is -2.74. The van der Waals surface area contributed by atoms with Crippen LogP contribution in [0.1, 0.15) is 45.2 Å². The van der Waals surface area contributed by atoms with Crippen molar-refractivity contribution in [3.63, 3.8) is 0 Å². The Bertz CT molecular complexity index is 1020. The smallest absolute Gasteiger partial charge is 0.232 e. The molecule has 0 saturated heterocycles. The van der Waals surface area contributed by atoms with Crippen molar-refractivity contribution >= 4 is 5.88 Å². The van der Waals surface area contributed by atoms with Gasteiger partial charge in [0.25, 0.3) is 0 Å². The average Bonchev–Trinajstić information content (AvgIpc) is 3.27. The molecule has 3 aromatic rings. The molecule has 1 N–H and O–H groups in total. The van der Waals surface area contributed by atoms with E-state index in [2.05, 4.69) is 42.7 Å². The third-order valence-corrected chi connectivity index (χ3v) is 6.23. The monoisotopic (exact) mass is 497 g/mol. The van der Waals surface area contributed by atoms with E-state index in [1.807, 2.05) is 30.3 Å². The second-order valence-electron chi connectivity index (χ2n) is 9.57. The fourth-order valence-corrected chi connectivity index (χ4v) is 4.17. The van der Waals surface area contributed by atoms with Gasteiger partial charge in [-0.2, -0.15) is 0 Å². The number of ether oxygens (including phenoxy) is 1. The van der Waals surface area contributed by atoms with Crippen molar-refractivity contribution in [1.82, 2.24) is 10.1 Å². The summed E-state index contributed by atoms with van der Waals surface area (Å²) in [6, 6.07) is 16.3. The van der Waals surface area contributed by atoms with E-state index < -0.39 is 6.10 Å². The first kappa shape index (κ1) is 27.8. The van der Waals surface area contributed by atoms with E-state index in [-0.39, 0.29) is 12.4 Å². The van der Waals surface area contributed by atoms with Gasteiger partial charge in [-0.25, -0.2) is 4.39 Å². The Morgan fingerprint density at radius 2 is 1.72 bits per heavy atom. The zero-order valence-corrected chi connectivity index (χ0v) is 22.0. The van der Waals surface area contributed by atoms with Crippen LogP contribution in [0.15, 0.2) is 59.1 Å². The summed E-state index contributed by atoms with van der Waals surface area (Å²) < 4.78 is 25.2. The van der Waals surface area contributed by atoms with Crippen LogP contribution in [0.5, 0.6) is 0 Å². The second-order valence-corrected chi connectivity index (χ2v) is 9.57. The third kappa shape index (κ3) is 8.15. The lowest BCUT2D eigenvalue weighted by molar-refractivity contribution is 0.00791. The Balaban J connectivity index is 1.78. The Labute approximate surface area is 214 Å². The summed E-state index contributed by atoms with van der Waals surface area (Å²) in [4.78, 5) is 4.37. The highest BCUT2D eigenvalue weighted by atomic mass is 19.1. The van der Waals surface area contributed by atoms with Crippen LogP contribution in [0.3, 0.4) is 0 Å². The average molecular weight is 498 g/mol. The molecule has 0 fully saturated rings. The van der Waals surface area contributed by atoms with Gasteiger partial charge < -0.3 is 19.3 Å². The molecule has 3 rings (SSSR count). The number of halogens is 1. The minimum atomic E-state index is -0.632. The zero-order valence-electron chi connectivity index (χ0n) is 22.0. The number of aliphatic hydroxyl groups is 1. The van der Waals surface area contributed by atoms with Crippen LogP contribution in [0.2, 0.25) is 0 Å². The van der Waals surface area contributed by atoms with Gasteiger partial charge in [0.15, 0.2) is 0 Å². The van der Waals surface area contributed by atoms with Crippen molar-refractivity contribution < 1.29 is 18.8 Å². The maximum Gasteiger partial charge on any atom is 0.232 e. The maximum absolute atomic E-state index is 13.6. The Morgan fingerprint density at radius 3 is 2.36 bits per heavy atom. The van der Waals surface area contributed by atoms with Crippen LogP contribution in [-0.2, 0) is 17.9 Å². The summed E-state index contributed by atoms with van der Waals surface area (Å²) in [7, 11) is 0. The molecule has 7 heteroatoms. The molecule has 0 amide bonds. The molecule has 1 unspecified atom stereocenters. The normalized spacial score (nSPS) is 12.4. The lowest BCUT2D eigenvalue weighted by Crippen LogP contribution is -2.36. The molecule has 0 saturated carbocycles. The molecule has 1 atom stereocenters. The van der Waals surface area contributed by atoms with Crippen molar-refractivity contribution in [1.29, 1.82) is 0 Å². The summed E-state index contributed by atoms with van der Waals surface area (Å²) in [5, 5.41) is 15.2. The van der Waals surface area contributed by atoms with Crippen LogP contribution in [0.25, 0.3) is 11.3 Å². The lowest BCUT2D eigenvalue weighted by Gasteiger charge is -2.27. The van der Waals surface area contributed by atoms with Crippen LogP contribution in [-0.4, -0.2) is 54.1 Å². The Morgan fingerprint density at radius 1 is 1.03 bits per heavy atom. The number of hydrogen-bond donors (Lipinski definition) is 1. The minimum absolute atomic E-state index is 0.254. The quantitative estimate of drug-likeness (QED) is 0.288. The molecule has 0 aliphatic rings. The number of aromatic nitrogens is 1. The molecule has 0 spiro atoms. The number of rotatable bonds is 15. The first-order valence-electron chi connectivity index (χ1n) is 12.9. The summed E-state index contributed by atoms with van der Waals surface area (Å²) >= 11 is 0. The summed E-state index contributed by atoms with van der Waals surface area (Å²) in [6.45, 7) is 12.7. The number of benzene rings is 2. The maximum atomic E-state index is 13.6. The van der Waals surface area contributed by atoms with Crippen molar-refractivity contribution in [3.8, 4) is 11.3 Å². The van der Waals surface area contributed by atoms with Gasteiger partial charge in [0.05, 0.1) is 24.9 Å². The van der Waals surface area contributed by atoms with Gasteiger partial charge in [-0.1, -0.05) is 49.3 Å². The van der Waals surface area contributed by atoms with E-state index in [9.17, 15) is 9.50 Å². The fraction of sp³-hybridized carbons (Fsp3) is 0.483. The highest BCUT2D eigenvalue weighted by Crippen LogP contribution is 2.33. The van der Waals surface area contributed by atoms with Gasteiger partial charge in [0, 0.05) is 31.7 Å². The number of anilines is 1. The SMILES string of the molecule is CCN(CC)c1onc(-c2ccc(F)cc2)c1CN(CCC(C)C)CC(O)COCc1ccccc1. The van der Waals surface area contributed by atoms with E-state index in [0.29, 0.717) is 31.3 Å². The zero-order chi connectivity index (χ0) is 25.9. The van der Waals surface area contributed by atoms with Gasteiger partial charge in [-0.3, -0.25) is 4.90 Å². The van der Waals surface area contributed by atoms with Gasteiger partial charge >= 0.3 is 0 Å². The van der Waals surface area contributed by atoms with Gasteiger partial charge in [0.1, 0.15) is 11.5 Å². The molecule has 1 aromatic heterocycles. The number of nitrogens with zero attached hydrogens (tertiary/aromatic N) is 3. The highest BCUT2D eigenvalue weighted by molar-refractivity contribution is 5.68. The largest absolute Gasteiger partial charge is 0.389 e. The predicted molar refractivity (Wildman–Crippen MR) is 142 cm³/mol. The van der Waals surface area contributed by atoms with Crippen molar-refractivity contribution in [3.05, 3.63) is 71.5 Å². The number of hydrogen-bond acceptors (Lipinski definition) is 6. The van der Waals surface area contributed by atoms with Gasteiger partial charge in [0.2, 0.25) is 5.88 Å². The minimum Gasteiger partial charge on any atom is -0.389 e. The van der Waals surface area contributed by atoms with Crippen LogP contribution < -0.4 is 4.90 Å². The molecule has 2 aromatic carbocycles. The molecule has 0 aliphatic carbocycles. The first-order valence-corrected chi connectivity index (χ1v) is 12.9. The summed E-state index contributed by atoms with van der Waals surface area (Å²) in [5.74, 6) is 0.967. The molecule has 6 nitrogen and oxygen atoms in total. The molecule has 0 aliphatic heterocycles. The molecular formula is C29H40FN3O3. The summed E-state index contributed by atoms with van der Waals surface area (Å²) in [6.07, 6.45) is 0.363. The summed E-state index contributed by atoms with van der Waals surface area (Å²) in [5.41, 5.74) is 3.55. The van der Waals surface area contributed by atoms with Crippen molar-refractivity contribution in [2.75, 3.05) is 37.7 Å². The molecule has 0 bridgehead atoms. The molecule has 196 valence electrons. The highest BCUT2D eigenvalue weighted by Gasteiger charge is 2.24. The van der Waals surface area contributed by atoms with Crippen LogP contribution in [0, 0.1) is 11.7 Å². The number of aliphatic hydroxyl groups excluding tert-OH is 1. The first-order chi connectivity index (χ1) is 17.4. The lowest BCUT2D eigenvalue weighted by atomic mass is 10.1. The van der Waals surface area contributed by atoms with E-state index in [1.165, 1.54) is 12.1 Å². The van der Waals surface area contributed by atoms with Crippen molar-refractivity contribution in [2.45, 2.75) is 53.4 Å². The molecular weight excluding hydrogens is 457 g/mol. The van der Waals surface area contributed by atoms with Gasteiger partial charge in [-0.15, -0.1) is 0 Å². The predicted octanol–water partition coefficient (Wildman–Crippen LogP) is 5.75. The van der Waals surface area contributed by atoms with E-state index >= 15 is 0 Å². The van der Waals surface area contributed by atoms with E-state index in [4.69, 9.17) is 9.26 Å².